The van der Waals surface area contributed by atoms with Crippen LogP contribution in [-0.4, -0.2) is 28.8 Å². The first kappa shape index (κ1) is 22.3. The first-order valence-corrected chi connectivity index (χ1v) is 8.99. The SMILES string of the molecule is CCOC(=O)/C(C=NCc1ccccc1)=C(\O)c1cc(F)c(Cl)c([N+](=O)[O-])c1Cl. The predicted molar refractivity (Wildman–Crippen MR) is 108 cm³/mol. The quantitative estimate of drug-likeness (QED) is 0.122. The molecule has 0 aliphatic carbocycles. The molecule has 0 unspecified atom stereocenters. The van der Waals surface area contributed by atoms with Gasteiger partial charge < -0.3 is 9.84 Å². The molecule has 0 bridgehead atoms. The van der Waals surface area contributed by atoms with E-state index in [2.05, 4.69) is 4.99 Å². The van der Waals surface area contributed by atoms with Crippen molar-refractivity contribution in [3.8, 4) is 0 Å². The lowest BCUT2D eigenvalue weighted by atomic mass is 10.1. The van der Waals surface area contributed by atoms with Gasteiger partial charge in [-0.2, -0.15) is 0 Å². The largest absolute Gasteiger partial charge is 0.506 e. The third kappa shape index (κ3) is 5.30. The Morgan fingerprint density at radius 3 is 2.55 bits per heavy atom. The van der Waals surface area contributed by atoms with Gasteiger partial charge in [0.2, 0.25) is 0 Å². The van der Waals surface area contributed by atoms with E-state index in [9.17, 15) is 24.4 Å². The first-order valence-electron chi connectivity index (χ1n) is 8.24. The molecular weight excluding hydrogens is 426 g/mol. The summed E-state index contributed by atoms with van der Waals surface area (Å²) in [6.45, 7) is 1.72. The fourth-order valence-electron chi connectivity index (χ4n) is 2.31. The van der Waals surface area contributed by atoms with Gasteiger partial charge >= 0.3 is 11.7 Å². The summed E-state index contributed by atoms with van der Waals surface area (Å²) in [4.78, 5) is 26.5. The molecule has 29 heavy (non-hydrogen) atoms. The molecule has 0 amide bonds. The number of hydrogen-bond donors (Lipinski definition) is 1. The van der Waals surface area contributed by atoms with Crippen molar-refractivity contribution in [1.29, 1.82) is 0 Å². The van der Waals surface area contributed by atoms with Crippen LogP contribution < -0.4 is 0 Å². The van der Waals surface area contributed by atoms with Crippen molar-refractivity contribution in [3.63, 3.8) is 0 Å². The number of carbonyl (C=O) groups excluding carboxylic acids is 1. The standard InChI is InChI=1S/C19H15Cl2FN2O5/c1-2-29-19(26)13(10-23-9-11-6-4-3-5-7-11)18(25)12-8-14(22)16(21)17(15(12)20)24(27)28/h3-8,10,25H,2,9H2,1H3/b18-13-,23-10?. The fourth-order valence-corrected chi connectivity index (χ4v) is 2.89. The zero-order chi connectivity index (χ0) is 21.6. The van der Waals surface area contributed by atoms with Crippen molar-refractivity contribution in [2.75, 3.05) is 6.61 Å². The van der Waals surface area contributed by atoms with E-state index in [4.69, 9.17) is 27.9 Å². The smallest absolute Gasteiger partial charge is 0.343 e. The third-order valence-electron chi connectivity index (χ3n) is 3.66. The van der Waals surface area contributed by atoms with E-state index in [-0.39, 0.29) is 13.2 Å². The highest BCUT2D eigenvalue weighted by atomic mass is 35.5. The Morgan fingerprint density at radius 1 is 1.31 bits per heavy atom. The van der Waals surface area contributed by atoms with Crippen molar-refractivity contribution in [1.82, 2.24) is 0 Å². The van der Waals surface area contributed by atoms with E-state index in [0.29, 0.717) is 6.07 Å². The van der Waals surface area contributed by atoms with Gasteiger partial charge in [-0.3, -0.25) is 15.1 Å². The number of nitrogens with zero attached hydrogens (tertiary/aromatic N) is 2. The van der Waals surface area contributed by atoms with Crippen LogP contribution in [0.25, 0.3) is 5.76 Å². The second-order valence-electron chi connectivity index (χ2n) is 5.58. The summed E-state index contributed by atoms with van der Waals surface area (Å²) in [5, 5.41) is 20.3. The Bertz CT molecular complexity index is 994. The maximum absolute atomic E-state index is 14.0. The number of aliphatic hydroxyl groups excluding tert-OH is 1. The molecular formula is C19H15Cl2FN2O5. The van der Waals surface area contributed by atoms with Crippen LogP contribution in [0.4, 0.5) is 10.1 Å². The molecule has 0 saturated carbocycles. The van der Waals surface area contributed by atoms with Gasteiger partial charge in [0.25, 0.3) is 0 Å². The van der Waals surface area contributed by atoms with Crippen LogP contribution in [0.5, 0.6) is 0 Å². The highest BCUT2D eigenvalue weighted by Gasteiger charge is 2.28. The summed E-state index contributed by atoms with van der Waals surface area (Å²) in [5.74, 6) is -2.98. The van der Waals surface area contributed by atoms with Crippen molar-refractivity contribution in [2.45, 2.75) is 13.5 Å². The Balaban J connectivity index is 2.56. The van der Waals surface area contributed by atoms with Crippen LogP contribution in [-0.2, 0) is 16.1 Å². The van der Waals surface area contributed by atoms with E-state index >= 15 is 0 Å². The molecule has 0 aliphatic rings. The maximum atomic E-state index is 14.0. The Hall–Kier alpha value is -2.97. The molecule has 152 valence electrons. The van der Waals surface area contributed by atoms with Crippen LogP contribution in [0.15, 0.2) is 47.0 Å². The van der Waals surface area contributed by atoms with Crippen molar-refractivity contribution >= 4 is 46.8 Å². The van der Waals surface area contributed by atoms with E-state index < -0.39 is 49.3 Å². The summed E-state index contributed by atoms with van der Waals surface area (Å²) in [6, 6.07) is 9.74. The maximum Gasteiger partial charge on any atom is 0.343 e. The number of ether oxygens (including phenoxy) is 1. The van der Waals surface area contributed by atoms with Crippen LogP contribution in [0.2, 0.25) is 10.0 Å². The second kappa shape index (κ2) is 9.99. The zero-order valence-corrected chi connectivity index (χ0v) is 16.6. The molecule has 0 atom stereocenters. The topological polar surface area (TPSA) is 102 Å². The molecule has 0 spiro atoms. The number of esters is 1. The highest BCUT2D eigenvalue weighted by Crippen LogP contribution is 2.39. The van der Waals surface area contributed by atoms with Crippen molar-refractivity contribution < 1.29 is 24.0 Å². The number of halogens is 3. The Morgan fingerprint density at radius 2 is 1.97 bits per heavy atom. The minimum Gasteiger partial charge on any atom is -0.506 e. The van der Waals surface area contributed by atoms with Gasteiger partial charge in [-0.15, -0.1) is 0 Å². The Kier molecular flexibility index (Phi) is 7.69. The number of aliphatic imine (C=N–C) groups is 1. The van der Waals surface area contributed by atoms with Crippen LogP contribution in [0.3, 0.4) is 0 Å². The second-order valence-corrected chi connectivity index (χ2v) is 6.33. The molecule has 0 saturated heterocycles. The predicted octanol–water partition coefficient (Wildman–Crippen LogP) is 5.14. The number of rotatable bonds is 7. The van der Waals surface area contributed by atoms with Gasteiger partial charge in [-0.05, 0) is 18.6 Å². The van der Waals surface area contributed by atoms with Gasteiger partial charge in [0.05, 0.1) is 18.1 Å². The van der Waals surface area contributed by atoms with Gasteiger partial charge in [0.15, 0.2) is 5.02 Å². The first-order chi connectivity index (χ1) is 13.8. The molecule has 2 aromatic rings. The summed E-state index contributed by atoms with van der Waals surface area (Å²) in [7, 11) is 0. The van der Waals surface area contributed by atoms with Crippen LogP contribution >= 0.6 is 23.2 Å². The third-order valence-corrected chi connectivity index (χ3v) is 4.40. The molecule has 1 N–H and O–H groups in total. The number of hydrogen-bond acceptors (Lipinski definition) is 6. The normalized spacial score (nSPS) is 12.0. The van der Waals surface area contributed by atoms with Crippen molar-refractivity contribution in [2.24, 2.45) is 4.99 Å². The summed E-state index contributed by atoms with van der Waals surface area (Å²) < 4.78 is 18.9. The van der Waals surface area contributed by atoms with Crippen LogP contribution in [0, 0.1) is 15.9 Å². The van der Waals surface area contributed by atoms with Gasteiger partial charge in [0, 0.05) is 11.8 Å². The van der Waals surface area contributed by atoms with E-state index in [0.717, 1.165) is 11.8 Å². The molecule has 0 radical (unpaired) electrons. The van der Waals surface area contributed by atoms with Gasteiger partial charge in [-0.25, -0.2) is 9.18 Å². The average molecular weight is 441 g/mol. The number of aliphatic hydroxyl groups is 1. The molecule has 7 nitrogen and oxygen atoms in total. The summed E-state index contributed by atoms with van der Waals surface area (Å²) in [6.07, 6.45) is 1.04. The van der Waals surface area contributed by atoms with Gasteiger partial charge in [-0.1, -0.05) is 53.5 Å². The van der Waals surface area contributed by atoms with E-state index in [1.165, 1.54) is 0 Å². The monoisotopic (exact) mass is 440 g/mol. The van der Waals surface area contributed by atoms with Crippen molar-refractivity contribution in [3.05, 3.63) is 79.1 Å². The lowest BCUT2D eigenvalue weighted by molar-refractivity contribution is -0.384. The van der Waals surface area contributed by atoms with E-state index in [1.807, 2.05) is 6.07 Å². The molecule has 2 rings (SSSR count). The molecule has 0 aromatic heterocycles. The summed E-state index contributed by atoms with van der Waals surface area (Å²) in [5.41, 5.74) is -1.04. The molecule has 0 fully saturated rings. The number of benzene rings is 2. The van der Waals surface area contributed by atoms with Crippen LogP contribution in [0.1, 0.15) is 18.1 Å². The van der Waals surface area contributed by atoms with Gasteiger partial charge in [0.1, 0.15) is 22.2 Å². The number of nitro groups is 1. The number of nitro benzene ring substituents is 1. The lowest BCUT2D eigenvalue weighted by Gasteiger charge is -2.10. The fraction of sp³-hybridized carbons (Fsp3) is 0.158. The highest BCUT2D eigenvalue weighted by molar-refractivity contribution is 6.39. The minimum atomic E-state index is -1.19. The zero-order valence-electron chi connectivity index (χ0n) is 15.1. The van der Waals surface area contributed by atoms with E-state index in [1.54, 1.807) is 31.2 Å². The Labute approximate surface area is 175 Å². The molecule has 10 heteroatoms. The molecule has 2 aromatic carbocycles. The lowest BCUT2D eigenvalue weighted by Crippen LogP contribution is -2.12. The summed E-state index contributed by atoms with van der Waals surface area (Å²) >= 11 is 11.5. The average Bonchev–Trinajstić information content (AvgIpc) is 2.68. The molecule has 0 heterocycles. The minimum absolute atomic E-state index is 0.00893. The number of carbonyl (C=O) groups is 1. The molecule has 0 aliphatic heterocycles.